The van der Waals surface area contributed by atoms with Crippen LogP contribution in [0.15, 0.2) is 0 Å². The van der Waals surface area contributed by atoms with Gasteiger partial charge in [0.2, 0.25) is 0 Å². The van der Waals surface area contributed by atoms with E-state index < -0.39 is 0 Å². The molecule has 1 saturated heterocycles. The van der Waals surface area contributed by atoms with E-state index in [-0.39, 0.29) is 5.97 Å². The smallest absolute Gasteiger partial charge is 0.320 e. The van der Waals surface area contributed by atoms with Crippen LogP contribution in [0.25, 0.3) is 0 Å². The van der Waals surface area contributed by atoms with Crippen LogP contribution in [0.2, 0.25) is 0 Å². The van der Waals surface area contributed by atoms with Gasteiger partial charge in [-0.05, 0) is 38.3 Å². The number of hydrogen-bond acceptors (Lipinski definition) is 3. The summed E-state index contributed by atoms with van der Waals surface area (Å²) in [5.41, 5.74) is 0. The van der Waals surface area contributed by atoms with Gasteiger partial charge >= 0.3 is 5.97 Å². The third-order valence-corrected chi connectivity index (χ3v) is 4.38. The average Bonchev–Trinajstić information content (AvgIpc) is 2.97. The Morgan fingerprint density at radius 2 is 1.67 bits per heavy atom. The minimum Gasteiger partial charge on any atom is -0.464 e. The lowest BCUT2D eigenvalue weighted by atomic mass is 10.0. The fourth-order valence-electron chi connectivity index (χ4n) is 2.94. The molecule has 0 aromatic rings. The summed E-state index contributed by atoms with van der Waals surface area (Å²) in [6, 6.07) is 0. The summed E-state index contributed by atoms with van der Waals surface area (Å²) in [6.45, 7) is 7.66. The molecule has 21 heavy (non-hydrogen) atoms. The van der Waals surface area contributed by atoms with Crippen molar-refractivity contribution in [3.63, 3.8) is 0 Å². The van der Waals surface area contributed by atoms with Gasteiger partial charge in [-0.1, -0.05) is 58.8 Å². The summed E-state index contributed by atoms with van der Waals surface area (Å²) in [6.07, 6.45) is 13.1. The number of ether oxygens (including phenoxy) is 1. The van der Waals surface area contributed by atoms with E-state index in [0.717, 1.165) is 13.1 Å². The number of carbonyl (C=O) groups is 1. The Morgan fingerprint density at radius 3 is 2.33 bits per heavy atom. The van der Waals surface area contributed by atoms with Gasteiger partial charge in [0.15, 0.2) is 0 Å². The van der Waals surface area contributed by atoms with E-state index in [1.54, 1.807) is 0 Å². The summed E-state index contributed by atoms with van der Waals surface area (Å²) >= 11 is 0. The first-order valence-electron chi connectivity index (χ1n) is 9.10. The summed E-state index contributed by atoms with van der Waals surface area (Å²) in [7, 11) is 0. The molecule has 3 nitrogen and oxygen atoms in total. The van der Waals surface area contributed by atoms with Crippen molar-refractivity contribution in [1.82, 2.24) is 4.90 Å². The van der Waals surface area contributed by atoms with Crippen molar-refractivity contribution in [2.75, 3.05) is 26.2 Å². The molecule has 1 aliphatic rings. The van der Waals surface area contributed by atoms with Crippen LogP contribution in [-0.4, -0.2) is 37.1 Å². The summed E-state index contributed by atoms with van der Waals surface area (Å²) < 4.78 is 5.40. The lowest BCUT2D eigenvalue weighted by molar-refractivity contribution is -0.146. The minimum absolute atomic E-state index is 0.0386. The van der Waals surface area contributed by atoms with Gasteiger partial charge in [-0.25, -0.2) is 0 Å². The largest absolute Gasteiger partial charge is 0.464 e. The molecule has 0 spiro atoms. The third-order valence-electron chi connectivity index (χ3n) is 4.38. The molecular weight excluding hydrogens is 262 g/mol. The number of esters is 1. The Hall–Kier alpha value is -0.570. The molecule has 0 N–H and O–H groups in total. The van der Waals surface area contributed by atoms with Gasteiger partial charge in [-0.15, -0.1) is 0 Å². The van der Waals surface area contributed by atoms with Gasteiger partial charge in [-0.2, -0.15) is 0 Å². The monoisotopic (exact) mass is 297 g/mol. The highest BCUT2D eigenvalue weighted by molar-refractivity contribution is 5.71. The zero-order valence-electron chi connectivity index (χ0n) is 14.2. The molecule has 1 fully saturated rings. The summed E-state index contributed by atoms with van der Waals surface area (Å²) in [5, 5.41) is 0. The SMILES string of the molecule is CCCCCCCCCC(C)COC(=O)CN1CCCC1. The van der Waals surface area contributed by atoms with Crippen LogP contribution in [0.5, 0.6) is 0 Å². The minimum atomic E-state index is -0.0386. The van der Waals surface area contributed by atoms with Crippen molar-refractivity contribution in [2.24, 2.45) is 5.92 Å². The molecule has 1 aliphatic heterocycles. The maximum absolute atomic E-state index is 11.7. The van der Waals surface area contributed by atoms with E-state index in [0.29, 0.717) is 19.1 Å². The second-order valence-electron chi connectivity index (χ2n) is 6.68. The molecule has 1 unspecified atom stereocenters. The molecule has 1 rings (SSSR count). The van der Waals surface area contributed by atoms with E-state index in [2.05, 4.69) is 18.7 Å². The second kappa shape index (κ2) is 12.0. The highest BCUT2D eigenvalue weighted by Crippen LogP contribution is 2.13. The van der Waals surface area contributed by atoms with Crippen LogP contribution in [0.4, 0.5) is 0 Å². The Kier molecular flexibility index (Phi) is 10.6. The van der Waals surface area contributed by atoms with E-state index in [9.17, 15) is 4.79 Å². The number of carbonyl (C=O) groups excluding carboxylic acids is 1. The predicted molar refractivity (Wildman–Crippen MR) is 88.4 cm³/mol. The van der Waals surface area contributed by atoms with Crippen LogP contribution in [-0.2, 0) is 9.53 Å². The van der Waals surface area contributed by atoms with Crippen molar-refractivity contribution in [2.45, 2.75) is 78.1 Å². The molecule has 124 valence electrons. The quantitative estimate of drug-likeness (QED) is 0.395. The van der Waals surface area contributed by atoms with Crippen LogP contribution in [0.1, 0.15) is 78.1 Å². The topological polar surface area (TPSA) is 29.5 Å². The van der Waals surface area contributed by atoms with Gasteiger partial charge in [0.05, 0.1) is 13.2 Å². The van der Waals surface area contributed by atoms with Crippen molar-refractivity contribution < 1.29 is 9.53 Å². The second-order valence-corrected chi connectivity index (χ2v) is 6.68. The molecule has 0 aromatic heterocycles. The highest BCUT2D eigenvalue weighted by Gasteiger charge is 2.16. The molecule has 1 heterocycles. The average molecular weight is 297 g/mol. The van der Waals surface area contributed by atoms with Crippen LogP contribution in [0.3, 0.4) is 0 Å². The van der Waals surface area contributed by atoms with Crippen molar-refractivity contribution >= 4 is 5.97 Å². The van der Waals surface area contributed by atoms with Crippen molar-refractivity contribution in [3.8, 4) is 0 Å². The van der Waals surface area contributed by atoms with Crippen LogP contribution >= 0.6 is 0 Å². The summed E-state index contributed by atoms with van der Waals surface area (Å²) in [5.74, 6) is 0.464. The summed E-state index contributed by atoms with van der Waals surface area (Å²) in [4.78, 5) is 13.9. The Bertz CT molecular complexity index is 262. The molecule has 0 saturated carbocycles. The fourth-order valence-corrected chi connectivity index (χ4v) is 2.94. The molecular formula is C18H35NO2. The number of nitrogens with zero attached hydrogens (tertiary/aromatic N) is 1. The molecule has 0 aliphatic carbocycles. The fraction of sp³-hybridized carbons (Fsp3) is 0.944. The third kappa shape index (κ3) is 9.89. The molecule has 0 bridgehead atoms. The maximum atomic E-state index is 11.7. The molecule has 3 heteroatoms. The lowest BCUT2D eigenvalue weighted by Gasteiger charge is -2.16. The zero-order chi connectivity index (χ0) is 15.3. The predicted octanol–water partition coefficient (Wildman–Crippen LogP) is 4.40. The number of rotatable bonds is 12. The first-order chi connectivity index (χ1) is 10.2. The Labute approximate surface area is 131 Å². The van der Waals surface area contributed by atoms with E-state index in [1.165, 1.54) is 64.2 Å². The Balaban J connectivity index is 1.90. The first-order valence-corrected chi connectivity index (χ1v) is 9.10. The molecule has 0 radical (unpaired) electrons. The van der Waals surface area contributed by atoms with Gasteiger partial charge in [-0.3, -0.25) is 9.69 Å². The van der Waals surface area contributed by atoms with E-state index >= 15 is 0 Å². The number of unbranched alkanes of at least 4 members (excludes halogenated alkanes) is 6. The molecule has 0 aromatic carbocycles. The molecule has 1 atom stereocenters. The zero-order valence-corrected chi connectivity index (χ0v) is 14.2. The standard InChI is InChI=1S/C18H35NO2/c1-3-4-5-6-7-8-9-12-17(2)16-21-18(20)15-19-13-10-11-14-19/h17H,3-16H2,1-2H3. The number of hydrogen-bond donors (Lipinski definition) is 0. The number of likely N-dealkylation sites (tertiary alicyclic amines) is 1. The lowest BCUT2D eigenvalue weighted by Crippen LogP contribution is -2.29. The normalized spacial score (nSPS) is 17.0. The van der Waals surface area contributed by atoms with Crippen LogP contribution < -0.4 is 0 Å². The van der Waals surface area contributed by atoms with Gasteiger partial charge in [0, 0.05) is 0 Å². The highest BCUT2D eigenvalue weighted by atomic mass is 16.5. The Morgan fingerprint density at radius 1 is 1.05 bits per heavy atom. The van der Waals surface area contributed by atoms with Gasteiger partial charge in [0.1, 0.15) is 0 Å². The van der Waals surface area contributed by atoms with Gasteiger partial charge < -0.3 is 4.74 Å². The first kappa shape index (κ1) is 18.5. The maximum Gasteiger partial charge on any atom is 0.320 e. The molecule has 0 amide bonds. The van der Waals surface area contributed by atoms with E-state index in [1.807, 2.05) is 0 Å². The van der Waals surface area contributed by atoms with Crippen molar-refractivity contribution in [3.05, 3.63) is 0 Å². The van der Waals surface area contributed by atoms with Crippen LogP contribution in [0, 0.1) is 5.92 Å². The van der Waals surface area contributed by atoms with Crippen molar-refractivity contribution in [1.29, 1.82) is 0 Å². The van der Waals surface area contributed by atoms with E-state index in [4.69, 9.17) is 4.74 Å². The van der Waals surface area contributed by atoms with Gasteiger partial charge in [0.25, 0.3) is 0 Å².